The molecule has 1 rings (SSSR count). The summed E-state index contributed by atoms with van der Waals surface area (Å²) >= 11 is 0. The number of aliphatic carboxylic acids is 1. The molecule has 1 fully saturated rings. The van der Waals surface area contributed by atoms with E-state index in [1.54, 1.807) is 4.90 Å². The first kappa shape index (κ1) is 17.8. The number of carboxylic acid groups (broad SMARTS) is 1. The predicted octanol–water partition coefficient (Wildman–Crippen LogP) is 2.09. The van der Waals surface area contributed by atoms with Gasteiger partial charge < -0.3 is 20.1 Å². The summed E-state index contributed by atoms with van der Waals surface area (Å²) < 4.78 is 5.37. The highest BCUT2D eigenvalue weighted by Crippen LogP contribution is 2.35. The summed E-state index contributed by atoms with van der Waals surface area (Å²) in [6.45, 7) is 7.70. The van der Waals surface area contributed by atoms with Gasteiger partial charge in [0.2, 0.25) is 0 Å². The minimum Gasteiger partial charge on any atom is -0.481 e. The Balaban J connectivity index is 2.50. The van der Waals surface area contributed by atoms with E-state index in [4.69, 9.17) is 4.74 Å². The quantitative estimate of drug-likeness (QED) is 0.706. The maximum absolute atomic E-state index is 12.1. The van der Waals surface area contributed by atoms with Gasteiger partial charge in [-0.25, -0.2) is 4.79 Å². The Morgan fingerprint density at radius 1 is 1.43 bits per heavy atom. The molecule has 0 aromatic rings. The Hall–Kier alpha value is -1.30. The highest BCUT2D eigenvalue weighted by Gasteiger charge is 2.42. The smallest absolute Gasteiger partial charge is 0.317 e. The van der Waals surface area contributed by atoms with Crippen molar-refractivity contribution in [1.82, 2.24) is 10.2 Å². The summed E-state index contributed by atoms with van der Waals surface area (Å²) in [5, 5.41) is 12.3. The van der Waals surface area contributed by atoms with E-state index >= 15 is 0 Å². The van der Waals surface area contributed by atoms with Gasteiger partial charge in [-0.3, -0.25) is 4.79 Å². The van der Waals surface area contributed by atoms with Crippen molar-refractivity contribution in [3.05, 3.63) is 0 Å². The minimum absolute atomic E-state index is 0.140. The van der Waals surface area contributed by atoms with Crippen molar-refractivity contribution in [3.8, 4) is 0 Å². The van der Waals surface area contributed by atoms with E-state index in [1.807, 2.05) is 20.8 Å². The van der Waals surface area contributed by atoms with Gasteiger partial charge in [0, 0.05) is 19.6 Å². The number of ether oxygens (including phenoxy) is 1. The normalized spacial score (nSPS) is 22.4. The Bertz CT molecular complexity index is 356. The zero-order chi connectivity index (χ0) is 15.9. The van der Waals surface area contributed by atoms with Crippen molar-refractivity contribution in [2.75, 3.05) is 26.2 Å². The van der Waals surface area contributed by atoms with Crippen LogP contribution in [0.25, 0.3) is 0 Å². The molecule has 2 N–H and O–H groups in total. The summed E-state index contributed by atoms with van der Waals surface area (Å²) in [6.07, 6.45) is 2.95. The fourth-order valence-electron chi connectivity index (χ4n) is 2.83. The van der Waals surface area contributed by atoms with Crippen molar-refractivity contribution in [1.29, 1.82) is 0 Å². The molecule has 1 aliphatic heterocycles. The molecular formula is C15H28N2O4. The fraction of sp³-hybridized carbons (Fsp3) is 0.867. The largest absolute Gasteiger partial charge is 0.481 e. The van der Waals surface area contributed by atoms with Crippen molar-refractivity contribution < 1.29 is 19.4 Å². The number of urea groups is 1. The maximum Gasteiger partial charge on any atom is 0.317 e. The molecule has 1 atom stereocenters. The molecule has 2 amide bonds. The van der Waals surface area contributed by atoms with Crippen LogP contribution in [0.4, 0.5) is 4.79 Å². The van der Waals surface area contributed by atoms with Gasteiger partial charge in [0.1, 0.15) is 0 Å². The molecule has 122 valence electrons. The average molecular weight is 300 g/mol. The second kappa shape index (κ2) is 8.22. The number of nitrogens with one attached hydrogen (secondary N) is 1. The predicted molar refractivity (Wildman–Crippen MR) is 80.3 cm³/mol. The molecule has 6 nitrogen and oxygen atoms in total. The van der Waals surface area contributed by atoms with E-state index in [0.29, 0.717) is 39.1 Å². The number of carboxylic acids is 1. The number of carbonyl (C=O) groups excluding carboxylic acids is 1. The third kappa shape index (κ3) is 5.19. The minimum atomic E-state index is -0.787. The van der Waals surface area contributed by atoms with Gasteiger partial charge in [0.05, 0.1) is 18.1 Å². The lowest BCUT2D eigenvalue weighted by molar-refractivity contribution is -0.152. The molecule has 1 saturated heterocycles. The number of hydrogen-bond acceptors (Lipinski definition) is 3. The number of likely N-dealkylation sites (tertiary alicyclic amines) is 1. The fourth-order valence-corrected chi connectivity index (χ4v) is 2.83. The van der Waals surface area contributed by atoms with Crippen LogP contribution in [0.5, 0.6) is 0 Å². The lowest BCUT2D eigenvalue weighted by Crippen LogP contribution is -2.53. The van der Waals surface area contributed by atoms with Crippen LogP contribution in [0.15, 0.2) is 0 Å². The summed E-state index contributed by atoms with van der Waals surface area (Å²) in [5.74, 6) is -0.787. The van der Waals surface area contributed by atoms with Gasteiger partial charge in [-0.05, 0) is 33.1 Å². The van der Waals surface area contributed by atoms with Gasteiger partial charge in [0.15, 0.2) is 0 Å². The van der Waals surface area contributed by atoms with Gasteiger partial charge in [0.25, 0.3) is 0 Å². The highest BCUT2D eigenvalue weighted by atomic mass is 16.5. The molecule has 0 bridgehead atoms. The standard InChI is InChI=1S/C15H28N2O4/c1-4-6-15(13(18)19)7-5-9-17(11-15)14(20)16-8-10-21-12(2)3/h12H,4-11H2,1-3H3,(H,16,20)(H,18,19). The first-order chi connectivity index (χ1) is 9.91. The number of hydrogen-bond donors (Lipinski definition) is 2. The molecule has 0 aromatic heterocycles. The Morgan fingerprint density at radius 3 is 2.71 bits per heavy atom. The number of piperidine rings is 1. The Morgan fingerprint density at radius 2 is 2.14 bits per heavy atom. The molecule has 0 radical (unpaired) electrons. The topological polar surface area (TPSA) is 78.9 Å². The lowest BCUT2D eigenvalue weighted by Gasteiger charge is -2.39. The molecule has 1 unspecified atom stereocenters. The Labute approximate surface area is 126 Å². The molecule has 0 spiro atoms. The summed E-state index contributed by atoms with van der Waals surface area (Å²) in [5.41, 5.74) is -0.779. The molecule has 0 aliphatic carbocycles. The van der Waals surface area contributed by atoms with Crippen LogP contribution >= 0.6 is 0 Å². The third-order valence-corrected chi connectivity index (χ3v) is 3.88. The number of rotatable bonds is 7. The molecule has 0 aromatic carbocycles. The van der Waals surface area contributed by atoms with Crippen LogP contribution in [0.2, 0.25) is 0 Å². The molecule has 0 saturated carbocycles. The van der Waals surface area contributed by atoms with Crippen LogP contribution in [0.3, 0.4) is 0 Å². The maximum atomic E-state index is 12.1. The highest BCUT2D eigenvalue weighted by molar-refractivity contribution is 5.78. The van der Waals surface area contributed by atoms with Gasteiger partial charge in [-0.15, -0.1) is 0 Å². The Kier molecular flexibility index (Phi) is 6.95. The molecule has 1 heterocycles. The second-order valence-corrected chi connectivity index (χ2v) is 6.01. The second-order valence-electron chi connectivity index (χ2n) is 6.01. The first-order valence-corrected chi connectivity index (χ1v) is 7.79. The average Bonchev–Trinajstić information content (AvgIpc) is 2.43. The van der Waals surface area contributed by atoms with E-state index in [9.17, 15) is 14.7 Å². The van der Waals surface area contributed by atoms with Gasteiger partial charge >= 0.3 is 12.0 Å². The molecule has 6 heteroatoms. The number of carbonyl (C=O) groups is 2. The van der Waals surface area contributed by atoms with Crippen LogP contribution in [0.1, 0.15) is 46.5 Å². The van der Waals surface area contributed by atoms with Crippen LogP contribution < -0.4 is 5.32 Å². The van der Waals surface area contributed by atoms with Crippen molar-refractivity contribution in [2.45, 2.75) is 52.6 Å². The lowest BCUT2D eigenvalue weighted by atomic mass is 9.76. The van der Waals surface area contributed by atoms with E-state index < -0.39 is 11.4 Å². The van der Waals surface area contributed by atoms with E-state index in [2.05, 4.69) is 5.32 Å². The summed E-state index contributed by atoms with van der Waals surface area (Å²) in [4.78, 5) is 25.3. The van der Waals surface area contributed by atoms with E-state index in [1.165, 1.54) is 0 Å². The SMILES string of the molecule is CCCC1(C(=O)O)CCCN(C(=O)NCCOC(C)C)C1. The summed E-state index contributed by atoms with van der Waals surface area (Å²) in [6, 6.07) is -0.191. The van der Waals surface area contributed by atoms with Crippen molar-refractivity contribution in [2.24, 2.45) is 5.41 Å². The van der Waals surface area contributed by atoms with Crippen molar-refractivity contribution >= 4 is 12.0 Å². The van der Waals surface area contributed by atoms with Crippen LogP contribution in [-0.4, -0.2) is 54.4 Å². The number of nitrogens with zero attached hydrogens (tertiary/aromatic N) is 1. The van der Waals surface area contributed by atoms with Gasteiger partial charge in [-0.1, -0.05) is 13.3 Å². The molecule has 21 heavy (non-hydrogen) atoms. The molecular weight excluding hydrogens is 272 g/mol. The molecule has 1 aliphatic rings. The van der Waals surface area contributed by atoms with E-state index in [0.717, 1.165) is 12.8 Å². The van der Waals surface area contributed by atoms with Crippen LogP contribution in [-0.2, 0) is 9.53 Å². The summed E-state index contributed by atoms with van der Waals surface area (Å²) in [7, 11) is 0. The zero-order valence-corrected chi connectivity index (χ0v) is 13.4. The number of amides is 2. The zero-order valence-electron chi connectivity index (χ0n) is 13.4. The third-order valence-electron chi connectivity index (χ3n) is 3.88. The van der Waals surface area contributed by atoms with Gasteiger partial charge in [-0.2, -0.15) is 0 Å². The van der Waals surface area contributed by atoms with Crippen LogP contribution in [0, 0.1) is 5.41 Å². The van der Waals surface area contributed by atoms with E-state index in [-0.39, 0.29) is 12.1 Å². The monoisotopic (exact) mass is 300 g/mol. The van der Waals surface area contributed by atoms with Crippen molar-refractivity contribution in [3.63, 3.8) is 0 Å². The first-order valence-electron chi connectivity index (χ1n) is 7.79.